The Bertz CT molecular complexity index is 523. The van der Waals surface area contributed by atoms with Crippen molar-refractivity contribution in [2.75, 3.05) is 18.0 Å². The van der Waals surface area contributed by atoms with E-state index in [-0.39, 0.29) is 11.6 Å². The molecule has 0 bridgehead atoms. The zero-order valence-electron chi connectivity index (χ0n) is 11.1. The first-order valence-electron chi connectivity index (χ1n) is 6.43. The van der Waals surface area contributed by atoms with E-state index in [2.05, 4.69) is 6.92 Å². The van der Waals surface area contributed by atoms with Gasteiger partial charge in [0.15, 0.2) is 0 Å². The van der Waals surface area contributed by atoms with Crippen LogP contribution in [0.1, 0.15) is 24.5 Å². The summed E-state index contributed by atoms with van der Waals surface area (Å²) >= 11 is 0. The molecule has 6 heteroatoms. The van der Waals surface area contributed by atoms with Gasteiger partial charge in [0.2, 0.25) is 0 Å². The second kappa shape index (κ2) is 5.33. The minimum atomic E-state index is -4.50. The van der Waals surface area contributed by atoms with Gasteiger partial charge in [0, 0.05) is 24.8 Å². The molecule has 0 radical (unpaired) electrons. The molecular formula is C14H16F3N3. The molecule has 2 atom stereocenters. The van der Waals surface area contributed by atoms with Gasteiger partial charge in [0.1, 0.15) is 0 Å². The van der Waals surface area contributed by atoms with Crippen LogP contribution >= 0.6 is 0 Å². The normalized spacial score (nSPS) is 23.5. The average Bonchev–Trinajstić information content (AvgIpc) is 2.35. The second-order valence-electron chi connectivity index (χ2n) is 5.35. The number of alkyl halides is 3. The van der Waals surface area contributed by atoms with Crippen LogP contribution in [0.15, 0.2) is 18.2 Å². The Morgan fingerprint density at radius 1 is 1.35 bits per heavy atom. The number of hydrogen-bond acceptors (Lipinski definition) is 3. The van der Waals surface area contributed by atoms with Crippen molar-refractivity contribution in [2.45, 2.75) is 25.6 Å². The standard InChI is InChI=1S/C14H16F3N3/c1-9-4-11(19)8-20(7-9)12-2-3-13(14(15,16)17)10(5-12)6-18/h2-3,5,9,11H,4,7-8,19H2,1H3. The maximum Gasteiger partial charge on any atom is 0.417 e. The molecule has 1 aliphatic heterocycles. The monoisotopic (exact) mass is 283 g/mol. The fourth-order valence-electron chi connectivity index (χ4n) is 2.68. The van der Waals surface area contributed by atoms with E-state index in [1.165, 1.54) is 12.1 Å². The van der Waals surface area contributed by atoms with E-state index in [0.717, 1.165) is 19.0 Å². The highest BCUT2D eigenvalue weighted by Crippen LogP contribution is 2.34. The molecule has 1 aliphatic rings. The summed E-state index contributed by atoms with van der Waals surface area (Å²) in [7, 11) is 0. The van der Waals surface area contributed by atoms with Gasteiger partial charge in [-0.05, 0) is 30.5 Å². The van der Waals surface area contributed by atoms with Gasteiger partial charge in [-0.15, -0.1) is 0 Å². The Balaban J connectivity index is 2.33. The molecule has 1 heterocycles. The van der Waals surface area contributed by atoms with Gasteiger partial charge in [-0.25, -0.2) is 0 Å². The molecule has 2 rings (SSSR count). The molecule has 2 N–H and O–H groups in total. The third kappa shape index (κ3) is 3.05. The smallest absolute Gasteiger partial charge is 0.370 e. The third-order valence-electron chi connectivity index (χ3n) is 3.49. The first kappa shape index (κ1) is 14.7. The van der Waals surface area contributed by atoms with Crippen LogP contribution in [0.4, 0.5) is 18.9 Å². The SMILES string of the molecule is CC1CC(N)CN(c2ccc(C(F)(F)F)c(C#N)c2)C1. The molecular weight excluding hydrogens is 267 g/mol. The number of piperidine rings is 1. The van der Waals surface area contributed by atoms with Crippen LogP contribution in [0, 0.1) is 17.2 Å². The number of nitriles is 1. The number of nitrogens with two attached hydrogens (primary N) is 1. The fourth-order valence-corrected chi connectivity index (χ4v) is 2.68. The molecule has 0 aliphatic carbocycles. The van der Waals surface area contributed by atoms with Crippen LogP contribution in [0.5, 0.6) is 0 Å². The van der Waals surface area contributed by atoms with Crippen LogP contribution in [-0.2, 0) is 6.18 Å². The van der Waals surface area contributed by atoms with Gasteiger partial charge >= 0.3 is 6.18 Å². The molecule has 108 valence electrons. The molecule has 2 unspecified atom stereocenters. The highest BCUT2D eigenvalue weighted by atomic mass is 19.4. The first-order chi connectivity index (χ1) is 9.31. The second-order valence-corrected chi connectivity index (χ2v) is 5.35. The van der Waals surface area contributed by atoms with Gasteiger partial charge in [0.25, 0.3) is 0 Å². The summed E-state index contributed by atoms with van der Waals surface area (Å²) in [5.41, 5.74) is 5.32. The van der Waals surface area contributed by atoms with Gasteiger partial charge in [0.05, 0.1) is 17.2 Å². The lowest BCUT2D eigenvalue weighted by Crippen LogP contribution is -2.46. The van der Waals surface area contributed by atoms with Crippen LogP contribution < -0.4 is 10.6 Å². The average molecular weight is 283 g/mol. The zero-order valence-corrected chi connectivity index (χ0v) is 11.1. The predicted octanol–water partition coefficient (Wildman–Crippen LogP) is 2.75. The van der Waals surface area contributed by atoms with E-state index in [9.17, 15) is 13.2 Å². The van der Waals surface area contributed by atoms with Crippen molar-refractivity contribution in [1.82, 2.24) is 0 Å². The van der Waals surface area contributed by atoms with Gasteiger partial charge in [-0.3, -0.25) is 0 Å². The maximum atomic E-state index is 12.7. The van der Waals surface area contributed by atoms with Gasteiger partial charge in [-0.1, -0.05) is 6.92 Å². The molecule has 0 amide bonds. The van der Waals surface area contributed by atoms with E-state index in [1.807, 2.05) is 4.90 Å². The van der Waals surface area contributed by atoms with Crippen LogP contribution in [0.2, 0.25) is 0 Å². The maximum absolute atomic E-state index is 12.7. The predicted molar refractivity (Wildman–Crippen MR) is 70.1 cm³/mol. The third-order valence-corrected chi connectivity index (χ3v) is 3.49. The molecule has 0 saturated carbocycles. The molecule has 0 spiro atoms. The number of anilines is 1. The first-order valence-corrected chi connectivity index (χ1v) is 6.43. The zero-order chi connectivity index (χ0) is 14.9. The van der Waals surface area contributed by atoms with Gasteiger partial charge < -0.3 is 10.6 Å². The molecule has 1 aromatic rings. The molecule has 1 aromatic carbocycles. The van der Waals surface area contributed by atoms with Crippen molar-refractivity contribution in [3.8, 4) is 6.07 Å². The Kier molecular flexibility index (Phi) is 3.91. The Hall–Kier alpha value is -1.74. The largest absolute Gasteiger partial charge is 0.417 e. The minimum Gasteiger partial charge on any atom is -0.370 e. The lowest BCUT2D eigenvalue weighted by Gasteiger charge is -2.36. The summed E-state index contributed by atoms with van der Waals surface area (Å²) in [6, 6.07) is 5.31. The van der Waals surface area contributed by atoms with E-state index in [4.69, 9.17) is 11.0 Å². The fraction of sp³-hybridized carbons (Fsp3) is 0.500. The van der Waals surface area contributed by atoms with Crippen molar-refractivity contribution in [2.24, 2.45) is 11.7 Å². The summed E-state index contributed by atoms with van der Waals surface area (Å²) in [5.74, 6) is 0.381. The number of benzene rings is 1. The summed E-state index contributed by atoms with van der Waals surface area (Å²) < 4.78 is 38.2. The highest BCUT2D eigenvalue weighted by molar-refractivity contribution is 5.55. The van der Waals surface area contributed by atoms with E-state index in [0.29, 0.717) is 18.2 Å². The summed E-state index contributed by atoms with van der Waals surface area (Å²) in [5, 5.41) is 8.92. The van der Waals surface area contributed by atoms with Crippen molar-refractivity contribution >= 4 is 5.69 Å². The molecule has 1 fully saturated rings. The summed E-state index contributed by atoms with van der Waals surface area (Å²) in [4.78, 5) is 1.94. The summed E-state index contributed by atoms with van der Waals surface area (Å²) in [6.45, 7) is 3.39. The van der Waals surface area contributed by atoms with E-state index < -0.39 is 11.7 Å². The Morgan fingerprint density at radius 3 is 2.60 bits per heavy atom. The number of halogens is 3. The Labute approximate surface area is 115 Å². The van der Waals surface area contributed by atoms with Crippen LogP contribution in [0.3, 0.4) is 0 Å². The minimum absolute atomic E-state index is 0.00609. The summed E-state index contributed by atoms with van der Waals surface area (Å²) in [6.07, 6.45) is -3.60. The quantitative estimate of drug-likeness (QED) is 0.862. The lowest BCUT2D eigenvalue weighted by atomic mass is 9.95. The van der Waals surface area contributed by atoms with Crippen molar-refractivity contribution in [3.63, 3.8) is 0 Å². The van der Waals surface area contributed by atoms with E-state index in [1.54, 1.807) is 6.07 Å². The van der Waals surface area contributed by atoms with Crippen LogP contribution in [0.25, 0.3) is 0 Å². The molecule has 0 aromatic heterocycles. The van der Waals surface area contributed by atoms with Crippen LogP contribution in [-0.4, -0.2) is 19.1 Å². The Morgan fingerprint density at radius 2 is 2.05 bits per heavy atom. The topological polar surface area (TPSA) is 53.0 Å². The molecule has 3 nitrogen and oxygen atoms in total. The number of rotatable bonds is 1. The van der Waals surface area contributed by atoms with Crippen molar-refractivity contribution in [1.29, 1.82) is 5.26 Å². The molecule has 20 heavy (non-hydrogen) atoms. The number of hydrogen-bond donors (Lipinski definition) is 1. The lowest BCUT2D eigenvalue weighted by molar-refractivity contribution is -0.137. The van der Waals surface area contributed by atoms with Crippen molar-refractivity contribution in [3.05, 3.63) is 29.3 Å². The van der Waals surface area contributed by atoms with Crippen molar-refractivity contribution < 1.29 is 13.2 Å². The van der Waals surface area contributed by atoms with E-state index >= 15 is 0 Å². The number of nitrogens with zero attached hydrogens (tertiary/aromatic N) is 2. The highest BCUT2D eigenvalue weighted by Gasteiger charge is 2.34. The van der Waals surface area contributed by atoms with Gasteiger partial charge in [-0.2, -0.15) is 18.4 Å². The molecule has 1 saturated heterocycles.